The van der Waals surface area contributed by atoms with Crippen molar-refractivity contribution in [1.82, 2.24) is 24.3 Å². The second-order valence-corrected chi connectivity index (χ2v) is 10.5. The Bertz CT molecular complexity index is 1060. The summed E-state index contributed by atoms with van der Waals surface area (Å²) in [6.07, 6.45) is 14.1. The predicted molar refractivity (Wildman–Crippen MR) is 133 cm³/mol. The summed E-state index contributed by atoms with van der Waals surface area (Å²) in [4.78, 5) is 9.07. The number of aromatic nitrogens is 5. The van der Waals surface area contributed by atoms with Crippen molar-refractivity contribution < 1.29 is 4.74 Å². The third-order valence-electron chi connectivity index (χ3n) is 6.46. The summed E-state index contributed by atoms with van der Waals surface area (Å²) in [5.41, 5.74) is 2.70. The van der Waals surface area contributed by atoms with E-state index in [1.807, 2.05) is 45.7 Å². The molecule has 0 aliphatic heterocycles. The minimum Gasteiger partial charge on any atom is -0.360 e. The van der Waals surface area contributed by atoms with Gasteiger partial charge in [-0.05, 0) is 42.9 Å². The third-order valence-corrected chi connectivity index (χ3v) is 7.44. The largest absolute Gasteiger partial charge is 0.360 e. The molecule has 1 atom stereocenters. The van der Waals surface area contributed by atoms with Crippen LogP contribution in [0.15, 0.2) is 31.0 Å². The number of nitriles is 1. The molecule has 8 heteroatoms. The Hall–Kier alpha value is -2.37. The minimum atomic E-state index is 0.139. The van der Waals surface area contributed by atoms with Crippen molar-refractivity contribution in [3.8, 4) is 17.3 Å². The van der Waals surface area contributed by atoms with Gasteiger partial charge in [0, 0.05) is 29.1 Å². The maximum absolute atomic E-state index is 9.35. The number of thioether (sulfide) groups is 1. The van der Waals surface area contributed by atoms with Crippen LogP contribution < -0.4 is 0 Å². The third kappa shape index (κ3) is 5.96. The molecule has 0 saturated heterocycles. The lowest BCUT2D eigenvalue weighted by Crippen LogP contribution is -2.17. The highest BCUT2D eigenvalue weighted by Crippen LogP contribution is 2.36. The molecule has 1 fully saturated rings. The van der Waals surface area contributed by atoms with Gasteiger partial charge < -0.3 is 9.30 Å². The molecular formula is C25H34N6OS. The molecule has 0 radical (unpaired) electrons. The van der Waals surface area contributed by atoms with E-state index in [-0.39, 0.29) is 6.04 Å². The van der Waals surface area contributed by atoms with Crippen molar-refractivity contribution >= 4 is 22.8 Å². The van der Waals surface area contributed by atoms with E-state index in [0.29, 0.717) is 19.1 Å². The molecule has 33 heavy (non-hydrogen) atoms. The lowest BCUT2D eigenvalue weighted by molar-refractivity contribution is 0.0926. The molecule has 4 rings (SSSR count). The number of hydrogen-bond acceptors (Lipinski definition) is 6. The molecule has 0 spiro atoms. The first-order valence-electron chi connectivity index (χ1n) is 12.0. The van der Waals surface area contributed by atoms with Gasteiger partial charge in [0.15, 0.2) is 0 Å². The molecular weight excluding hydrogens is 432 g/mol. The fraction of sp³-hybridized carbons (Fsp3) is 0.600. The minimum absolute atomic E-state index is 0.139. The molecule has 1 aliphatic rings. The fourth-order valence-electron chi connectivity index (χ4n) is 4.59. The first-order chi connectivity index (χ1) is 16.2. The van der Waals surface area contributed by atoms with Crippen molar-refractivity contribution in [3.63, 3.8) is 0 Å². The average Bonchev–Trinajstić information content (AvgIpc) is 3.58. The van der Waals surface area contributed by atoms with Crippen molar-refractivity contribution in [2.24, 2.45) is 11.8 Å². The van der Waals surface area contributed by atoms with Gasteiger partial charge in [0.25, 0.3) is 0 Å². The van der Waals surface area contributed by atoms with Crippen LogP contribution in [0.4, 0.5) is 0 Å². The summed E-state index contributed by atoms with van der Waals surface area (Å²) in [5, 5.41) is 15.0. The SMILES string of the molecule is CC(C)CCSCCOCn1ccc2c(-c3cnn(C(CC#N)C4CCCC4)c3)ncnc21. The molecule has 1 unspecified atom stereocenters. The van der Waals surface area contributed by atoms with E-state index in [0.717, 1.165) is 40.6 Å². The molecule has 3 aromatic heterocycles. The molecule has 0 aromatic carbocycles. The predicted octanol–water partition coefficient (Wildman–Crippen LogP) is 5.69. The maximum Gasteiger partial charge on any atom is 0.145 e. The fourth-order valence-corrected chi connectivity index (χ4v) is 5.67. The van der Waals surface area contributed by atoms with Crippen LogP contribution in [0, 0.1) is 23.2 Å². The molecule has 176 valence electrons. The normalized spacial score (nSPS) is 15.5. The zero-order valence-corrected chi connectivity index (χ0v) is 20.5. The molecule has 7 nitrogen and oxygen atoms in total. The average molecular weight is 467 g/mol. The highest BCUT2D eigenvalue weighted by molar-refractivity contribution is 7.99. The van der Waals surface area contributed by atoms with Gasteiger partial charge in [0.1, 0.15) is 18.7 Å². The highest BCUT2D eigenvalue weighted by Gasteiger charge is 2.27. The Morgan fingerprint density at radius 3 is 2.88 bits per heavy atom. The van der Waals surface area contributed by atoms with Gasteiger partial charge in [-0.2, -0.15) is 22.1 Å². The topological polar surface area (TPSA) is 81.5 Å². The lowest BCUT2D eigenvalue weighted by atomic mass is 9.96. The second-order valence-electron chi connectivity index (χ2n) is 9.26. The van der Waals surface area contributed by atoms with Crippen LogP contribution in [-0.4, -0.2) is 42.4 Å². The van der Waals surface area contributed by atoms with E-state index in [2.05, 4.69) is 35.0 Å². The standard InChI is InChI=1S/C25H34N6OS/c1-19(2)9-13-33-14-12-32-18-30-11-8-22-24(27-17-28-25(22)30)21-15-29-31(16-21)23(7-10-26)20-5-3-4-6-20/h8,11,15-17,19-20,23H,3-7,9,12-14,18H2,1-2H3. The van der Waals surface area contributed by atoms with Gasteiger partial charge in [0.2, 0.25) is 0 Å². The summed E-state index contributed by atoms with van der Waals surface area (Å²) in [7, 11) is 0. The molecule has 1 aliphatic carbocycles. The van der Waals surface area contributed by atoms with Crippen LogP contribution in [0.2, 0.25) is 0 Å². The molecule has 3 heterocycles. The van der Waals surface area contributed by atoms with Gasteiger partial charge in [-0.25, -0.2) is 9.97 Å². The molecule has 0 bridgehead atoms. The lowest BCUT2D eigenvalue weighted by Gasteiger charge is -2.21. The number of ether oxygens (including phenoxy) is 1. The number of nitrogens with zero attached hydrogens (tertiary/aromatic N) is 6. The number of rotatable bonds is 12. The summed E-state index contributed by atoms with van der Waals surface area (Å²) >= 11 is 1.95. The maximum atomic E-state index is 9.35. The molecule has 3 aromatic rings. The second kappa shape index (κ2) is 11.7. The van der Waals surface area contributed by atoms with Crippen LogP contribution in [0.3, 0.4) is 0 Å². The monoisotopic (exact) mass is 466 g/mol. The smallest absolute Gasteiger partial charge is 0.145 e. The van der Waals surface area contributed by atoms with Gasteiger partial charge in [-0.15, -0.1) is 0 Å². The van der Waals surface area contributed by atoms with E-state index in [9.17, 15) is 5.26 Å². The first kappa shape index (κ1) is 23.8. The van der Waals surface area contributed by atoms with Crippen molar-refractivity contribution in [3.05, 3.63) is 31.0 Å². The summed E-state index contributed by atoms with van der Waals surface area (Å²) in [6.45, 7) is 5.73. The molecule has 0 N–H and O–H groups in total. The molecule has 1 saturated carbocycles. The van der Waals surface area contributed by atoms with Crippen LogP contribution in [0.1, 0.15) is 58.4 Å². The Morgan fingerprint density at radius 2 is 2.09 bits per heavy atom. The highest BCUT2D eigenvalue weighted by atomic mass is 32.2. The summed E-state index contributed by atoms with van der Waals surface area (Å²) < 4.78 is 9.91. The van der Waals surface area contributed by atoms with Gasteiger partial charge in [-0.3, -0.25) is 4.68 Å². The van der Waals surface area contributed by atoms with E-state index < -0.39 is 0 Å². The van der Waals surface area contributed by atoms with E-state index >= 15 is 0 Å². The van der Waals surface area contributed by atoms with Crippen molar-refractivity contribution in [1.29, 1.82) is 5.26 Å². The zero-order chi connectivity index (χ0) is 23.0. The van der Waals surface area contributed by atoms with Gasteiger partial charge >= 0.3 is 0 Å². The van der Waals surface area contributed by atoms with Crippen LogP contribution in [-0.2, 0) is 11.5 Å². The Kier molecular flexibility index (Phi) is 8.40. The van der Waals surface area contributed by atoms with Crippen LogP contribution >= 0.6 is 11.8 Å². The van der Waals surface area contributed by atoms with Crippen LogP contribution in [0.25, 0.3) is 22.3 Å². The Labute approximate surface area is 200 Å². The summed E-state index contributed by atoms with van der Waals surface area (Å²) in [6, 6.07) is 4.55. The van der Waals surface area contributed by atoms with Gasteiger partial charge in [-0.1, -0.05) is 26.7 Å². The van der Waals surface area contributed by atoms with Crippen molar-refractivity contribution in [2.75, 3.05) is 18.1 Å². The quantitative estimate of drug-likeness (QED) is 0.319. The van der Waals surface area contributed by atoms with Crippen LogP contribution in [0.5, 0.6) is 0 Å². The van der Waals surface area contributed by atoms with E-state index in [1.54, 1.807) is 6.33 Å². The van der Waals surface area contributed by atoms with E-state index in [4.69, 9.17) is 4.74 Å². The summed E-state index contributed by atoms with van der Waals surface area (Å²) in [5.74, 6) is 3.49. The zero-order valence-electron chi connectivity index (χ0n) is 19.7. The number of hydrogen-bond donors (Lipinski definition) is 0. The number of fused-ring (bicyclic) bond motifs is 1. The Morgan fingerprint density at radius 1 is 1.24 bits per heavy atom. The van der Waals surface area contributed by atoms with E-state index in [1.165, 1.54) is 37.9 Å². The van der Waals surface area contributed by atoms with Crippen molar-refractivity contribution in [2.45, 2.75) is 65.1 Å². The molecule has 0 amide bonds. The Balaban J connectivity index is 1.42. The van der Waals surface area contributed by atoms with Gasteiger partial charge in [0.05, 0.1) is 37.0 Å². The first-order valence-corrected chi connectivity index (χ1v) is 13.2.